The Hall–Kier alpha value is -6.47. The van der Waals surface area contributed by atoms with Crippen LogP contribution in [0.1, 0.15) is 177 Å². The van der Waals surface area contributed by atoms with Gasteiger partial charge in [-0.05, 0) is 36.4 Å². The van der Waals surface area contributed by atoms with E-state index in [1.165, 1.54) is 0 Å². The molecule has 0 saturated heterocycles. The van der Waals surface area contributed by atoms with Crippen LogP contribution >= 0.6 is 7.92 Å². The van der Waals surface area contributed by atoms with Gasteiger partial charge in [0, 0.05) is 51.0 Å². The van der Waals surface area contributed by atoms with E-state index in [1.807, 2.05) is 36.4 Å². The van der Waals surface area contributed by atoms with Crippen LogP contribution in [-0.4, -0.2) is 73.5 Å². The van der Waals surface area contributed by atoms with Crippen molar-refractivity contribution in [1.29, 1.82) is 0 Å². The molecule has 16 heteroatoms. The first-order valence-corrected chi connectivity index (χ1v) is 27.3. The number of hydrogen-bond acceptors (Lipinski definition) is 12. The van der Waals surface area contributed by atoms with Gasteiger partial charge in [0.05, 0.1) is 33.1 Å². The molecule has 73 heavy (non-hydrogen) atoms. The lowest BCUT2D eigenvalue weighted by Crippen LogP contribution is -2.25. The van der Waals surface area contributed by atoms with Gasteiger partial charge < -0.3 is 0 Å². The van der Waals surface area contributed by atoms with Gasteiger partial charge in [-0.3, -0.25) is 13.7 Å². The normalized spacial score (nSPS) is 13.4. The van der Waals surface area contributed by atoms with E-state index in [9.17, 15) is 0 Å². The zero-order valence-electron chi connectivity index (χ0n) is 46.2. The Morgan fingerprint density at radius 1 is 0.288 bits per heavy atom. The molecule has 9 aromatic rings. The Kier molecular flexibility index (Phi) is 12.8. The topological polar surface area (TPSA) is 169 Å². The second-order valence-corrected chi connectivity index (χ2v) is 27.8. The molecule has 0 amide bonds. The monoisotopic (exact) mass is 998 g/mol. The fourth-order valence-electron chi connectivity index (χ4n) is 8.39. The van der Waals surface area contributed by atoms with Crippen LogP contribution in [0.15, 0.2) is 72.8 Å². The van der Waals surface area contributed by atoms with Crippen LogP contribution in [0.4, 0.5) is 0 Å². The Morgan fingerprint density at radius 3 is 0.699 bits per heavy atom. The lowest BCUT2D eigenvalue weighted by Gasteiger charge is -2.24. The Labute approximate surface area is 431 Å². The summed E-state index contributed by atoms with van der Waals surface area (Å²) in [6.45, 7) is 38.6. The fraction of sp³-hybridized carbons (Fsp3) is 0.474. The molecule has 6 heterocycles. The smallest absolute Gasteiger partial charge is 0.239 e. The van der Waals surface area contributed by atoms with E-state index in [4.69, 9.17) is 59.8 Å². The number of fused-ring (bicyclic) bond motifs is 3. The molecule has 6 aromatic heterocycles. The van der Waals surface area contributed by atoms with Crippen LogP contribution in [0.2, 0.25) is 0 Å². The third-order valence-corrected chi connectivity index (χ3v) is 14.7. The predicted molar refractivity (Wildman–Crippen MR) is 294 cm³/mol. The van der Waals surface area contributed by atoms with Crippen LogP contribution in [0.3, 0.4) is 0 Å². The maximum atomic E-state index is 5.46. The molecule has 0 saturated carbocycles. The number of aromatic nitrogens is 15. The Balaban J connectivity index is 1.30. The average Bonchev–Trinajstić information content (AvgIpc) is 3.97. The minimum Gasteiger partial charge on any atom is -0.264 e. The lowest BCUT2D eigenvalue weighted by atomic mass is 9.93. The largest absolute Gasteiger partial charge is 0.264 e. The number of rotatable bonds is 9. The maximum Gasteiger partial charge on any atom is 0.239 e. The van der Waals surface area contributed by atoms with Crippen molar-refractivity contribution in [3.8, 4) is 17.8 Å². The van der Waals surface area contributed by atoms with Crippen LogP contribution in [0, 0.1) is 0 Å². The summed E-state index contributed by atoms with van der Waals surface area (Å²) >= 11 is 0. The highest BCUT2D eigenvalue weighted by Crippen LogP contribution is 2.48. The molecule has 0 bridgehead atoms. The Bertz CT molecular complexity index is 3060. The molecule has 0 N–H and O–H groups in total. The summed E-state index contributed by atoms with van der Waals surface area (Å²) in [5, 5.41) is 0. The van der Waals surface area contributed by atoms with Crippen LogP contribution < -0.4 is 0 Å². The van der Waals surface area contributed by atoms with Gasteiger partial charge in [-0.15, -0.1) is 0 Å². The van der Waals surface area contributed by atoms with E-state index >= 15 is 0 Å². The van der Waals surface area contributed by atoms with E-state index in [-0.39, 0.29) is 32.5 Å². The molecule has 15 nitrogen and oxygen atoms in total. The molecule has 3 aromatic carbocycles. The van der Waals surface area contributed by atoms with Crippen LogP contribution in [-0.2, 0) is 51.0 Å². The van der Waals surface area contributed by atoms with Crippen molar-refractivity contribution in [2.24, 2.45) is 0 Å². The van der Waals surface area contributed by atoms with Gasteiger partial charge >= 0.3 is 0 Å². The summed E-state index contributed by atoms with van der Waals surface area (Å²) in [6, 6.07) is 24.7. The highest BCUT2D eigenvalue weighted by atomic mass is 31.1. The van der Waals surface area contributed by atoms with Crippen LogP contribution in [0.25, 0.3) is 50.9 Å². The summed E-state index contributed by atoms with van der Waals surface area (Å²) in [7, 11) is -1.16. The van der Waals surface area contributed by atoms with Crippen molar-refractivity contribution in [3.63, 3.8) is 0 Å². The molecule has 0 aliphatic rings. The number of nitrogens with zero attached hydrogens (tertiary/aromatic N) is 15. The molecule has 9 rings (SSSR count). The number of hydrogen-bond donors (Lipinski definition) is 0. The second kappa shape index (κ2) is 18.2. The van der Waals surface area contributed by atoms with Gasteiger partial charge in [0.25, 0.3) is 0 Å². The molecule has 380 valence electrons. The SMILES string of the molecule is CC(C)(C)c1nc(-n2c(CP(Cc3nc4ccccc4n3-c3nc(C(C)(C)C)nc(C(C)(C)C)n3)Cc3nc4ccccc4n3-c3nc(C(C)(C)C)nc(C(C)(C)C)n3)nc3ccccc32)nc(C(C)(C)C)n1. The zero-order chi connectivity index (χ0) is 52.8. The molecule has 0 radical (unpaired) electrons. The second-order valence-electron chi connectivity index (χ2n) is 25.5. The molecular weight excluding hydrogens is 926 g/mol. The summed E-state index contributed by atoms with van der Waals surface area (Å²) in [5.41, 5.74) is 3.25. The third-order valence-electron chi connectivity index (χ3n) is 12.5. The van der Waals surface area contributed by atoms with Crippen molar-refractivity contribution in [3.05, 3.63) is 125 Å². The number of benzene rings is 3. The van der Waals surface area contributed by atoms with E-state index in [1.54, 1.807) is 0 Å². The Morgan fingerprint density at radius 2 is 0.493 bits per heavy atom. The van der Waals surface area contributed by atoms with Gasteiger partial charge in [-0.1, -0.05) is 169 Å². The molecule has 0 unspecified atom stereocenters. The third kappa shape index (κ3) is 10.5. The van der Waals surface area contributed by atoms with Gasteiger partial charge in [0.1, 0.15) is 52.4 Å². The van der Waals surface area contributed by atoms with Crippen molar-refractivity contribution >= 4 is 41.0 Å². The first-order valence-electron chi connectivity index (χ1n) is 25.4. The van der Waals surface area contributed by atoms with Gasteiger partial charge in [-0.2, -0.15) is 29.9 Å². The fourth-order valence-corrected chi connectivity index (χ4v) is 10.6. The van der Waals surface area contributed by atoms with Crippen molar-refractivity contribution in [2.45, 2.75) is 176 Å². The molecule has 0 fully saturated rings. The predicted octanol–water partition coefficient (Wildman–Crippen LogP) is 12.4. The first kappa shape index (κ1) is 51.4. The minimum atomic E-state index is -1.16. The van der Waals surface area contributed by atoms with Crippen molar-refractivity contribution < 1.29 is 0 Å². The molecular formula is C57H72N15P. The molecule has 0 aliphatic carbocycles. The average molecular weight is 998 g/mol. The molecule has 0 aliphatic heterocycles. The van der Waals surface area contributed by atoms with Crippen LogP contribution in [0.5, 0.6) is 0 Å². The standard InChI is InChI=1S/C57H72N15P/c1-52(2,3)43-61-44(53(4,5)6)65-49(64-43)70-37-28-22-19-25-34(37)58-40(70)31-73(32-41-59-35-26-20-23-29-38(35)71(41)50-66-45(54(7,8)9)62-46(67-50)55(10,11)12)33-42-60-36-27-21-24-30-39(36)72(42)51-68-47(56(13,14)15)63-48(69-51)57(16,17)18/h19-30H,31-33H2,1-18H3. The van der Waals surface area contributed by atoms with E-state index < -0.39 is 7.92 Å². The summed E-state index contributed by atoms with van der Waals surface area (Å²) < 4.78 is 6.45. The quantitative estimate of drug-likeness (QED) is 0.126. The molecule has 0 spiro atoms. The minimum absolute atomic E-state index is 0.345. The lowest BCUT2D eigenvalue weighted by molar-refractivity contribution is 0.492. The summed E-state index contributed by atoms with van der Waals surface area (Å²) in [4.78, 5) is 63.1. The van der Waals surface area contributed by atoms with E-state index in [0.29, 0.717) is 36.3 Å². The van der Waals surface area contributed by atoms with Gasteiger partial charge in [-0.25, -0.2) is 29.9 Å². The number of para-hydroxylation sites is 6. The van der Waals surface area contributed by atoms with Gasteiger partial charge in [0.2, 0.25) is 17.8 Å². The highest BCUT2D eigenvalue weighted by Gasteiger charge is 2.33. The highest BCUT2D eigenvalue weighted by molar-refractivity contribution is 7.55. The molecule has 0 atom stereocenters. The van der Waals surface area contributed by atoms with Crippen molar-refractivity contribution in [2.75, 3.05) is 0 Å². The van der Waals surface area contributed by atoms with Gasteiger partial charge in [0.15, 0.2) is 0 Å². The summed E-state index contributed by atoms with van der Waals surface area (Å²) in [6.07, 6.45) is 1.65. The zero-order valence-corrected chi connectivity index (χ0v) is 47.1. The van der Waals surface area contributed by atoms with E-state index in [0.717, 1.165) is 85.5 Å². The summed E-state index contributed by atoms with van der Waals surface area (Å²) in [5.74, 6) is 8.47. The number of imidazole rings is 3. The first-order chi connectivity index (χ1) is 33.9. The van der Waals surface area contributed by atoms with Crippen molar-refractivity contribution in [1.82, 2.24) is 73.5 Å². The van der Waals surface area contributed by atoms with E-state index in [2.05, 4.69) is 175 Å². The maximum absolute atomic E-state index is 5.46.